The molecule has 0 saturated carbocycles. The molecule has 1 aromatic heterocycles. The van der Waals surface area contributed by atoms with E-state index in [1.165, 1.54) is 19.2 Å². The molecule has 0 amide bonds. The van der Waals surface area contributed by atoms with Gasteiger partial charge in [0.15, 0.2) is 5.43 Å². The molecule has 0 aliphatic heterocycles. The molecule has 0 bridgehead atoms. The first kappa shape index (κ1) is 13.9. The molecule has 3 aromatic rings. The Balaban J connectivity index is 2.33. The van der Waals surface area contributed by atoms with Crippen molar-refractivity contribution in [3.05, 3.63) is 46.3 Å². The highest BCUT2D eigenvalue weighted by Gasteiger charge is 2.16. The molecule has 0 radical (unpaired) electrons. The van der Waals surface area contributed by atoms with Gasteiger partial charge in [-0.25, -0.2) is 0 Å². The first-order valence-electron chi connectivity index (χ1n) is 6.48. The van der Waals surface area contributed by atoms with Crippen molar-refractivity contribution in [2.75, 3.05) is 7.11 Å². The lowest BCUT2D eigenvalue weighted by molar-refractivity contribution is -0.140. The third-order valence-electron chi connectivity index (χ3n) is 3.44. The summed E-state index contributed by atoms with van der Waals surface area (Å²) in [5, 5.41) is 21.4. The average molecular weight is 300 g/mol. The van der Waals surface area contributed by atoms with Crippen LogP contribution in [0.25, 0.3) is 21.5 Å². The van der Waals surface area contributed by atoms with E-state index in [-0.39, 0.29) is 34.1 Å². The van der Waals surface area contributed by atoms with Gasteiger partial charge in [0.25, 0.3) is 5.95 Å². The molecule has 112 valence electrons. The zero-order valence-electron chi connectivity index (χ0n) is 11.6. The van der Waals surface area contributed by atoms with Crippen molar-refractivity contribution in [1.29, 1.82) is 0 Å². The minimum Gasteiger partial charge on any atom is -0.506 e. The molecule has 3 rings (SSSR count). The zero-order chi connectivity index (χ0) is 15.9. The zero-order valence-corrected chi connectivity index (χ0v) is 11.6. The van der Waals surface area contributed by atoms with Crippen molar-refractivity contribution in [3.63, 3.8) is 0 Å². The molecule has 0 unspecified atom stereocenters. The lowest BCUT2D eigenvalue weighted by Crippen LogP contribution is -2.04. The number of benzene rings is 2. The Bertz CT molecular complexity index is 954. The molecule has 1 heterocycles. The molecule has 6 nitrogen and oxygen atoms in total. The summed E-state index contributed by atoms with van der Waals surface area (Å²) < 4.78 is 9.67. The molecular formula is C16H12O6. The fourth-order valence-electron chi connectivity index (χ4n) is 2.44. The van der Waals surface area contributed by atoms with Gasteiger partial charge in [0.2, 0.25) is 0 Å². The average Bonchev–Trinajstić information content (AvgIpc) is 2.46. The number of phenols is 1. The second-order valence-electron chi connectivity index (χ2n) is 4.81. The highest BCUT2D eigenvalue weighted by atomic mass is 16.5. The Hall–Kier alpha value is -3.02. The number of carbonyl (C=O) groups excluding carboxylic acids is 1. The lowest BCUT2D eigenvalue weighted by atomic mass is 10.0. The van der Waals surface area contributed by atoms with Crippen molar-refractivity contribution < 1.29 is 24.2 Å². The van der Waals surface area contributed by atoms with Gasteiger partial charge in [-0.15, -0.1) is 0 Å². The van der Waals surface area contributed by atoms with Crippen LogP contribution in [0.5, 0.6) is 11.7 Å². The molecule has 6 heteroatoms. The summed E-state index contributed by atoms with van der Waals surface area (Å²) in [7, 11) is 1.25. The first-order valence-corrected chi connectivity index (χ1v) is 6.48. The van der Waals surface area contributed by atoms with Crippen molar-refractivity contribution >= 4 is 27.5 Å². The van der Waals surface area contributed by atoms with Crippen LogP contribution in [0.1, 0.15) is 5.76 Å². The summed E-state index contributed by atoms with van der Waals surface area (Å²) in [5.41, 5.74) is -0.352. The van der Waals surface area contributed by atoms with E-state index in [9.17, 15) is 19.8 Å². The van der Waals surface area contributed by atoms with Gasteiger partial charge in [0.05, 0.1) is 12.5 Å². The van der Waals surface area contributed by atoms with E-state index in [4.69, 9.17) is 4.42 Å². The van der Waals surface area contributed by atoms with Gasteiger partial charge < -0.3 is 19.4 Å². The fraction of sp³-hybridized carbons (Fsp3) is 0.125. The summed E-state index contributed by atoms with van der Waals surface area (Å²) in [4.78, 5) is 23.2. The minimum absolute atomic E-state index is 0.0319. The Morgan fingerprint density at radius 3 is 2.68 bits per heavy atom. The van der Waals surface area contributed by atoms with Crippen LogP contribution in [0.2, 0.25) is 0 Å². The van der Waals surface area contributed by atoms with Crippen LogP contribution in [0.3, 0.4) is 0 Å². The van der Waals surface area contributed by atoms with Crippen LogP contribution in [-0.2, 0) is 16.0 Å². The van der Waals surface area contributed by atoms with Gasteiger partial charge in [-0.3, -0.25) is 9.59 Å². The minimum atomic E-state index is -0.556. The Kier molecular flexibility index (Phi) is 3.21. The highest BCUT2D eigenvalue weighted by Crippen LogP contribution is 2.38. The van der Waals surface area contributed by atoms with Crippen molar-refractivity contribution in [2.45, 2.75) is 6.42 Å². The number of fused-ring (bicyclic) bond motifs is 2. The maximum Gasteiger partial charge on any atom is 0.313 e. The molecule has 0 atom stereocenters. The largest absolute Gasteiger partial charge is 0.506 e. The number of hydrogen-bond acceptors (Lipinski definition) is 6. The first-order chi connectivity index (χ1) is 10.5. The molecule has 2 aromatic carbocycles. The SMILES string of the molecule is COC(=O)Cc1cc2cc3cccc(=O)c3c(O)c2c(O)o1. The Morgan fingerprint density at radius 2 is 1.95 bits per heavy atom. The summed E-state index contributed by atoms with van der Waals surface area (Å²) >= 11 is 0. The Labute approximate surface area is 124 Å². The van der Waals surface area contributed by atoms with Gasteiger partial charge >= 0.3 is 5.97 Å². The van der Waals surface area contributed by atoms with Crippen molar-refractivity contribution in [3.8, 4) is 11.7 Å². The smallest absolute Gasteiger partial charge is 0.313 e. The van der Waals surface area contributed by atoms with Crippen molar-refractivity contribution in [2.24, 2.45) is 0 Å². The van der Waals surface area contributed by atoms with Crippen LogP contribution >= 0.6 is 0 Å². The second kappa shape index (κ2) is 5.07. The molecule has 0 aliphatic rings. The second-order valence-corrected chi connectivity index (χ2v) is 4.81. The number of aromatic hydroxyl groups is 2. The highest BCUT2D eigenvalue weighted by molar-refractivity contribution is 6.06. The predicted octanol–water partition coefficient (Wildman–Crippen LogP) is 2.07. The maximum absolute atomic E-state index is 11.9. The van der Waals surface area contributed by atoms with Crippen LogP contribution in [0.15, 0.2) is 39.5 Å². The molecular weight excluding hydrogens is 288 g/mol. The van der Waals surface area contributed by atoms with Crippen LogP contribution < -0.4 is 5.43 Å². The van der Waals surface area contributed by atoms with E-state index < -0.39 is 11.9 Å². The molecule has 0 saturated heterocycles. The third-order valence-corrected chi connectivity index (χ3v) is 3.44. The molecule has 0 fully saturated rings. The normalized spacial score (nSPS) is 11.0. The number of rotatable bonds is 2. The summed E-state index contributed by atoms with van der Waals surface area (Å²) in [6, 6.07) is 7.74. The number of carbonyl (C=O) groups is 1. The quantitative estimate of drug-likeness (QED) is 0.555. The molecule has 0 aliphatic carbocycles. The maximum atomic E-state index is 11.9. The van der Waals surface area contributed by atoms with Crippen LogP contribution in [0, 0.1) is 0 Å². The number of hydrogen-bond donors (Lipinski definition) is 2. The number of phenolic OH excluding ortho intramolecular Hbond substituents is 1. The molecule has 22 heavy (non-hydrogen) atoms. The summed E-state index contributed by atoms with van der Waals surface area (Å²) in [6.07, 6.45) is -0.152. The van der Waals surface area contributed by atoms with E-state index in [2.05, 4.69) is 4.74 Å². The van der Waals surface area contributed by atoms with Gasteiger partial charge in [-0.2, -0.15) is 0 Å². The number of methoxy groups -OCH3 is 1. The third kappa shape index (κ3) is 2.14. The van der Waals surface area contributed by atoms with Crippen molar-refractivity contribution in [1.82, 2.24) is 0 Å². The summed E-state index contributed by atoms with van der Waals surface area (Å²) in [6.45, 7) is 0. The van der Waals surface area contributed by atoms with Crippen LogP contribution in [0.4, 0.5) is 0 Å². The van der Waals surface area contributed by atoms with Crippen LogP contribution in [-0.4, -0.2) is 23.3 Å². The number of ether oxygens (including phenoxy) is 1. The number of esters is 1. The van der Waals surface area contributed by atoms with Gasteiger partial charge in [0, 0.05) is 0 Å². The standard InChI is InChI=1S/C16H12O6/c1-21-12(18)7-10-6-9-5-8-3-2-4-11(17)13(8)15(19)14(9)16(20)22-10/h2-6,19-20H,7H2,1H3. The van der Waals surface area contributed by atoms with E-state index in [0.717, 1.165) is 0 Å². The fourth-order valence-corrected chi connectivity index (χ4v) is 2.44. The summed E-state index contributed by atoms with van der Waals surface area (Å²) in [5.74, 6) is -1.23. The topological polar surface area (TPSA) is 97.0 Å². The predicted molar refractivity (Wildman–Crippen MR) is 79.0 cm³/mol. The lowest BCUT2D eigenvalue weighted by Gasteiger charge is -2.08. The van der Waals surface area contributed by atoms with E-state index in [0.29, 0.717) is 10.8 Å². The van der Waals surface area contributed by atoms with Gasteiger partial charge in [-0.05, 0) is 29.0 Å². The Morgan fingerprint density at radius 1 is 1.18 bits per heavy atom. The van der Waals surface area contributed by atoms with E-state index in [1.807, 2.05) is 0 Å². The molecule has 2 N–H and O–H groups in total. The molecule has 0 spiro atoms. The monoisotopic (exact) mass is 300 g/mol. The van der Waals surface area contributed by atoms with Gasteiger partial charge in [-0.1, -0.05) is 12.1 Å². The van der Waals surface area contributed by atoms with E-state index >= 15 is 0 Å². The van der Waals surface area contributed by atoms with E-state index in [1.54, 1.807) is 18.2 Å². The van der Waals surface area contributed by atoms with Gasteiger partial charge in [0.1, 0.15) is 23.3 Å².